The van der Waals surface area contributed by atoms with E-state index in [4.69, 9.17) is 11.2 Å². The Kier molecular flexibility index (Phi) is 9.09. The van der Waals surface area contributed by atoms with Gasteiger partial charge in [0.05, 0.1) is 0 Å². The first-order valence-corrected chi connectivity index (χ1v) is 12.8. The second-order valence-electron chi connectivity index (χ2n) is 10.4. The quantitative estimate of drug-likeness (QED) is 0.300. The molecule has 1 aromatic carbocycles. The van der Waals surface area contributed by atoms with Gasteiger partial charge in [-0.2, -0.15) is 4.90 Å². The van der Waals surface area contributed by atoms with Crippen molar-refractivity contribution in [2.75, 3.05) is 5.32 Å². The Morgan fingerprint density at radius 2 is 1.81 bits per heavy atom. The second-order valence-corrected chi connectivity index (χ2v) is 10.4. The van der Waals surface area contributed by atoms with Crippen LogP contribution in [0.1, 0.15) is 94.5 Å². The summed E-state index contributed by atoms with van der Waals surface area (Å²) in [5.74, 6) is 0.675. The molecule has 2 aliphatic rings. The number of nitrogens with zero attached hydrogens (tertiary/aromatic N) is 2. The van der Waals surface area contributed by atoms with E-state index in [1.54, 1.807) is 39.0 Å². The van der Waals surface area contributed by atoms with Gasteiger partial charge < -0.3 is 15.0 Å². The number of unbranched alkanes of at least 4 members (excludes halogenated alkanes) is 5. The maximum Gasteiger partial charge on any atom is 0.424 e. The summed E-state index contributed by atoms with van der Waals surface area (Å²) in [6.45, 7) is 5.00. The zero-order valence-electron chi connectivity index (χ0n) is 21.8. The molecular formula is C28H35N3O6. The lowest BCUT2D eigenvalue weighted by molar-refractivity contribution is -0.150. The largest absolute Gasteiger partial charge is 0.443 e. The van der Waals surface area contributed by atoms with Crippen molar-refractivity contribution in [2.45, 2.75) is 96.7 Å². The summed E-state index contributed by atoms with van der Waals surface area (Å²) in [7, 11) is 0. The predicted octanol–water partition coefficient (Wildman–Crippen LogP) is 4.40. The molecule has 5 amide bonds. The SMILES string of the molecule is C#CCCCCCCCC(=O)Nc1cccc2c1CN(C1CCC(=O)N(C(=O)OC(C)(C)C)C1=O)C2=O. The van der Waals surface area contributed by atoms with Gasteiger partial charge >= 0.3 is 6.09 Å². The summed E-state index contributed by atoms with van der Waals surface area (Å²) < 4.78 is 5.23. The molecule has 0 radical (unpaired) electrons. The van der Waals surface area contributed by atoms with Gasteiger partial charge in [-0.1, -0.05) is 25.3 Å². The third-order valence-electron chi connectivity index (χ3n) is 6.33. The van der Waals surface area contributed by atoms with Crippen LogP contribution in [0, 0.1) is 12.3 Å². The number of anilines is 1. The smallest absolute Gasteiger partial charge is 0.424 e. The molecule has 3 rings (SSSR count). The zero-order valence-corrected chi connectivity index (χ0v) is 21.8. The predicted molar refractivity (Wildman–Crippen MR) is 137 cm³/mol. The van der Waals surface area contributed by atoms with Gasteiger partial charge in [0.15, 0.2) is 0 Å². The lowest BCUT2D eigenvalue weighted by Gasteiger charge is -2.35. The normalized spacial score (nSPS) is 17.5. The molecule has 0 spiro atoms. The molecule has 198 valence electrons. The highest BCUT2D eigenvalue weighted by Crippen LogP contribution is 2.33. The average Bonchev–Trinajstić information content (AvgIpc) is 3.15. The summed E-state index contributed by atoms with van der Waals surface area (Å²) in [6.07, 6.45) is 10.2. The number of carbonyl (C=O) groups is 5. The van der Waals surface area contributed by atoms with Crippen molar-refractivity contribution in [3.05, 3.63) is 29.3 Å². The number of likely N-dealkylation sites (tertiary alicyclic amines) is 1. The van der Waals surface area contributed by atoms with Gasteiger partial charge in [-0.25, -0.2) is 4.79 Å². The Morgan fingerprint density at radius 3 is 2.51 bits per heavy atom. The number of fused-ring (bicyclic) bond motifs is 1. The Balaban J connectivity index is 1.64. The fourth-order valence-electron chi connectivity index (χ4n) is 4.53. The molecule has 0 bridgehead atoms. The minimum atomic E-state index is -1.04. The fraction of sp³-hybridized carbons (Fsp3) is 0.536. The van der Waals surface area contributed by atoms with E-state index in [-0.39, 0.29) is 31.2 Å². The van der Waals surface area contributed by atoms with Gasteiger partial charge in [-0.15, -0.1) is 12.3 Å². The molecule has 2 aliphatic heterocycles. The van der Waals surface area contributed by atoms with Crippen LogP contribution in [0.2, 0.25) is 0 Å². The first-order chi connectivity index (χ1) is 17.5. The summed E-state index contributed by atoms with van der Waals surface area (Å²) in [5.41, 5.74) is 0.637. The first-order valence-electron chi connectivity index (χ1n) is 12.8. The van der Waals surface area contributed by atoms with Crippen LogP contribution in [0.3, 0.4) is 0 Å². The Labute approximate surface area is 217 Å². The lowest BCUT2D eigenvalue weighted by atomic mass is 10.0. The van der Waals surface area contributed by atoms with Gasteiger partial charge in [-0.05, 0) is 52.2 Å². The summed E-state index contributed by atoms with van der Waals surface area (Å²) in [5, 5.41) is 2.90. The topological polar surface area (TPSA) is 113 Å². The molecule has 0 saturated carbocycles. The van der Waals surface area contributed by atoms with Crippen molar-refractivity contribution in [3.63, 3.8) is 0 Å². The standard InChI is InChI=1S/C28H35N3O6/c1-5-6-7-8-9-10-11-15-23(32)29-21-14-12-13-19-20(21)18-30(25(19)34)22-16-17-24(33)31(26(22)35)27(36)37-28(2,3)4/h1,12-14,22H,6-11,15-18H2,2-4H3,(H,29,32). The Hall–Kier alpha value is -3.67. The summed E-state index contributed by atoms with van der Waals surface area (Å²) >= 11 is 0. The summed E-state index contributed by atoms with van der Waals surface area (Å²) in [6, 6.07) is 4.07. The maximum atomic E-state index is 13.2. The number of ether oxygens (including phenoxy) is 1. The zero-order chi connectivity index (χ0) is 27.2. The third-order valence-corrected chi connectivity index (χ3v) is 6.33. The number of terminal acetylenes is 1. The molecule has 9 heteroatoms. The number of piperidine rings is 1. The van der Waals surface area contributed by atoms with Gasteiger partial charge in [0.2, 0.25) is 11.8 Å². The molecule has 1 N–H and O–H groups in total. The monoisotopic (exact) mass is 509 g/mol. The van der Waals surface area contributed by atoms with E-state index < -0.39 is 29.6 Å². The van der Waals surface area contributed by atoms with Gasteiger partial charge in [-0.3, -0.25) is 19.2 Å². The Morgan fingerprint density at radius 1 is 1.11 bits per heavy atom. The number of rotatable bonds is 9. The van der Waals surface area contributed by atoms with Gasteiger partial charge in [0.25, 0.3) is 11.8 Å². The molecule has 1 unspecified atom stereocenters. The molecule has 9 nitrogen and oxygen atoms in total. The van der Waals surface area contributed by atoms with E-state index in [2.05, 4.69) is 11.2 Å². The van der Waals surface area contributed by atoms with Crippen LogP contribution in [0.15, 0.2) is 18.2 Å². The van der Waals surface area contributed by atoms with Crippen molar-refractivity contribution >= 4 is 35.4 Å². The van der Waals surface area contributed by atoms with E-state index >= 15 is 0 Å². The van der Waals surface area contributed by atoms with E-state index in [1.165, 1.54) is 4.90 Å². The van der Waals surface area contributed by atoms with Crippen LogP contribution in [0.25, 0.3) is 0 Å². The minimum absolute atomic E-state index is 0.0674. The molecular weight excluding hydrogens is 474 g/mol. The number of carbonyl (C=O) groups excluding carboxylic acids is 5. The van der Waals surface area contributed by atoms with E-state index in [1.807, 2.05) is 0 Å². The molecule has 37 heavy (non-hydrogen) atoms. The van der Waals surface area contributed by atoms with Crippen LogP contribution in [-0.2, 0) is 25.7 Å². The van der Waals surface area contributed by atoms with Crippen LogP contribution < -0.4 is 5.32 Å². The molecule has 1 fully saturated rings. The fourth-order valence-corrected chi connectivity index (χ4v) is 4.53. The average molecular weight is 510 g/mol. The maximum absolute atomic E-state index is 13.2. The molecule has 0 aromatic heterocycles. The highest BCUT2D eigenvalue weighted by atomic mass is 16.6. The van der Waals surface area contributed by atoms with Crippen molar-refractivity contribution in [1.82, 2.24) is 9.80 Å². The third kappa shape index (κ3) is 6.97. The lowest BCUT2D eigenvalue weighted by Crippen LogP contribution is -2.57. The van der Waals surface area contributed by atoms with E-state index in [0.29, 0.717) is 28.1 Å². The van der Waals surface area contributed by atoms with Crippen molar-refractivity contribution in [2.24, 2.45) is 0 Å². The number of amides is 5. The van der Waals surface area contributed by atoms with E-state index in [0.717, 1.165) is 38.5 Å². The van der Waals surface area contributed by atoms with Gasteiger partial charge in [0.1, 0.15) is 11.6 Å². The minimum Gasteiger partial charge on any atom is -0.443 e. The highest BCUT2D eigenvalue weighted by Gasteiger charge is 2.46. The molecule has 1 aromatic rings. The van der Waals surface area contributed by atoms with Crippen LogP contribution in [0.5, 0.6) is 0 Å². The first kappa shape index (κ1) is 27.9. The number of benzene rings is 1. The highest BCUT2D eigenvalue weighted by molar-refractivity contribution is 6.13. The number of nitrogens with one attached hydrogen (secondary N) is 1. The number of imide groups is 3. The molecule has 0 aliphatic carbocycles. The van der Waals surface area contributed by atoms with Crippen molar-refractivity contribution in [1.29, 1.82) is 0 Å². The van der Waals surface area contributed by atoms with E-state index in [9.17, 15) is 24.0 Å². The Bertz CT molecular complexity index is 1110. The van der Waals surface area contributed by atoms with Crippen LogP contribution in [0.4, 0.5) is 10.5 Å². The van der Waals surface area contributed by atoms with Crippen molar-refractivity contribution in [3.8, 4) is 12.3 Å². The number of hydrogen-bond acceptors (Lipinski definition) is 6. The number of hydrogen-bond donors (Lipinski definition) is 1. The van der Waals surface area contributed by atoms with Crippen LogP contribution in [-0.4, -0.2) is 51.2 Å². The molecule has 1 saturated heterocycles. The molecule has 1 atom stereocenters. The summed E-state index contributed by atoms with van der Waals surface area (Å²) in [4.78, 5) is 65.7. The second kappa shape index (κ2) is 12.0. The van der Waals surface area contributed by atoms with Crippen LogP contribution >= 0.6 is 0 Å². The molecule has 2 heterocycles. The van der Waals surface area contributed by atoms with Gasteiger partial charge in [0, 0.05) is 42.6 Å². The van der Waals surface area contributed by atoms with Crippen molar-refractivity contribution < 1.29 is 28.7 Å².